The topological polar surface area (TPSA) is 478 Å². The smallest absolute Gasteiger partial charge is 0.299 e. The molecule has 6 N–H and O–H groups in total. The molecule has 0 aliphatic carbocycles. The van der Waals surface area contributed by atoms with Crippen LogP contribution in [0.3, 0.4) is 0 Å². The highest BCUT2D eigenvalue weighted by molar-refractivity contribution is 7.87. The van der Waals surface area contributed by atoms with Crippen LogP contribution in [-0.4, -0.2) is 120 Å². The highest BCUT2D eigenvalue weighted by atomic mass is 32.2. The summed E-state index contributed by atoms with van der Waals surface area (Å²) < 4.78 is 161. The maximum Gasteiger partial charge on any atom is 0.299 e. The van der Waals surface area contributed by atoms with Crippen LogP contribution in [0, 0.1) is 10.1 Å². The highest BCUT2D eigenvalue weighted by Gasteiger charge is 2.40. The van der Waals surface area contributed by atoms with Crippen molar-refractivity contribution in [2.75, 3.05) is 25.8 Å². The molecule has 5 aromatic carbocycles. The number of Topliss-reactive ketones (excluding diaryl/α,β-unsaturated/α-hetero) is 1. The van der Waals surface area contributed by atoms with Gasteiger partial charge in [0.1, 0.15) is 56.4 Å². The van der Waals surface area contributed by atoms with Gasteiger partial charge in [0.15, 0.2) is 17.5 Å². The molecule has 74 heavy (non-hydrogen) atoms. The summed E-state index contributed by atoms with van der Waals surface area (Å²) in [7, 11) is -22.8. The number of phenolic OH excluding ortho intramolecular Hbond substituents is 2. The summed E-state index contributed by atoms with van der Waals surface area (Å²) in [6.45, 7) is -1.15. The molecular weight excluding hydrogens is 1090 g/mol. The van der Waals surface area contributed by atoms with Gasteiger partial charge in [-0.2, -0.15) is 67.5 Å². The number of phenols is 2. The number of rotatable bonds is 20. The minimum absolute atomic E-state index is 0.0188. The molecular formula is C38H33N9O22S5. The monoisotopic (exact) mass is 1130 g/mol. The molecule has 0 fully saturated rings. The van der Waals surface area contributed by atoms with Gasteiger partial charge in [-0.3, -0.25) is 41.7 Å². The molecule has 0 bridgehead atoms. The Bertz CT molecular complexity index is 3890. The summed E-state index contributed by atoms with van der Waals surface area (Å²) in [6, 6.07) is 9.61. The lowest BCUT2D eigenvalue weighted by Gasteiger charge is -2.15. The molecule has 0 saturated carbocycles. The Hall–Kier alpha value is -7.52. The minimum Gasteiger partial charge on any atom is -0.505 e. The molecule has 0 aromatic heterocycles. The number of amides is 1. The first-order chi connectivity index (χ1) is 34.4. The largest absolute Gasteiger partial charge is 0.505 e. The number of carbonyl (C=O) groups is 2. The number of aliphatic hydroxyl groups excluding tert-OH is 1. The third-order valence-corrected chi connectivity index (χ3v) is 14.6. The standard InChI is InChI=1S/C38H33N9O22S5/c1-68-73(64,65)29-14-23(39-44-35-33(28(49)15-48)45-46(38(35)52)24-6-3-19(4-7-24)16-70(55,56)57)5-9-27(29)41-42-32-22(18-72(61,62)63)11-20-13-30(74(66,67)69-2)34(37(51)31(20)36(32)50)43-40-26-10-8-25(47(53)54)12-21(26)17-71(58,59)60/h3-14,35,48,50-51H,15-18H2,1-2H3,(H,55,56,57)(H,58,59,60)(H,61,62,63). The van der Waals surface area contributed by atoms with Gasteiger partial charge in [0, 0.05) is 23.3 Å². The van der Waals surface area contributed by atoms with Crippen molar-refractivity contribution in [2.24, 2.45) is 35.8 Å². The first-order valence-electron chi connectivity index (χ1n) is 19.7. The number of fused-ring (bicyclic) bond motifs is 1. The zero-order valence-corrected chi connectivity index (χ0v) is 41.2. The summed E-state index contributed by atoms with van der Waals surface area (Å²) in [5.41, 5.74) is -5.97. The Morgan fingerprint density at radius 1 is 0.689 bits per heavy atom. The predicted molar refractivity (Wildman–Crippen MR) is 251 cm³/mol. The molecule has 392 valence electrons. The molecule has 1 heterocycles. The molecule has 1 amide bonds. The van der Waals surface area contributed by atoms with E-state index in [1.807, 2.05) is 0 Å². The second-order valence-corrected chi connectivity index (χ2v) is 22.7. The SMILES string of the molecule is COS(=O)(=O)c1cc(N=NC2C(=O)N(c3ccc(CS(=O)(=O)O)cc3)N=C2C(=O)CO)ccc1N=Nc1c(CS(=O)(=O)O)cc2cc(S(=O)(=O)OC)c(N=Nc3ccc([N+](=O)[O-])cc3CS(=O)(=O)O)c(O)c2c1O. The average molecular weight is 1130 g/mol. The van der Waals surface area contributed by atoms with E-state index in [0.29, 0.717) is 24.3 Å². The Kier molecular flexibility index (Phi) is 15.9. The molecule has 1 aliphatic heterocycles. The van der Waals surface area contributed by atoms with E-state index in [4.69, 9.17) is 4.55 Å². The van der Waals surface area contributed by atoms with Gasteiger partial charge in [-0.1, -0.05) is 12.1 Å². The van der Waals surface area contributed by atoms with Crippen LogP contribution in [0.1, 0.15) is 16.7 Å². The number of nitro groups is 1. The van der Waals surface area contributed by atoms with Crippen molar-refractivity contribution in [3.63, 3.8) is 0 Å². The number of nitro benzene ring substituents is 1. The van der Waals surface area contributed by atoms with Crippen molar-refractivity contribution in [2.45, 2.75) is 33.1 Å². The molecule has 0 spiro atoms. The fourth-order valence-electron chi connectivity index (χ4n) is 6.67. The van der Waals surface area contributed by atoms with E-state index < -0.39 is 174 Å². The summed E-state index contributed by atoms with van der Waals surface area (Å²) in [4.78, 5) is 34.7. The van der Waals surface area contributed by atoms with Crippen LogP contribution in [0.4, 0.5) is 39.8 Å². The molecule has 36 heteroatoms. The number of hydrogen-bond acceptors (Lipinski definition) is 26. The van der Waals surface area contributed by atoms with Gasteiger partial charge >= 0.3 is 0 Å². The third kappa shape index (κ3) is 12.8. The van der Waals surface area contributed by atoms with Crippen LogP contribution in [0.25, 0.3) is 10.8 Å². The number of azo groups is 3. The lowest BCUT2D eigenvalue weighted by atomic mass is 10.0. The lowest BCUT2D eigenvalue weighted by Crippen LogP contribution is -2.34. The van der Waals surface area contributed by atoms with Gasteiger partial charge in [0.25, 0.3) is 62.2 Å². The maximum absolute atomic E-state index is 13.5. The molecule has 31 nitrogen and oxygen atoms in total. The number of hydrazone groups is 1. The predicted octanol–water partition coefficient (Wildman–Crippen LogP) is 4.24. The average Bonchev–Trinajstić information content (AvgIpc) is 3.64. The van der Waals surface area contributed by atoms with E-state index in [1.165, 1.54) is 24.3 Å². The third-order valence-electron chi connectivity index (χ3n) is 9.91. The number of non-ortho nitro benzene ring substituents is 1. The number of aromatic hydroxyl groups is 2. The van der Waals surface area contributed by atoms with Crippen LogP contribution < -0.4 is 5.01 Å². The maximum atomic E-state index is 13.5. The van der Waals surface area contributed by atoms with Gasteiger partial charge in [0.2, 0.25) is 5.78 Å². The van der Waals surface area contributed by atoms with Crippen molar-refractivity contribution in [1.82, 2.24) is 0 Å². The van der Waals surface area contributed by atoms with Crippen molar-refractivity contribution in [3.05, 3.63) is 99.6 Å². The van der Waals surface area contributed by atoms with Gasteiger partial charge in [-0.05, 0) is 59.5 Å². The fourth-order valence-corrected chi connectivity index (χ4v) is 10.2. The molecule has 1 unspecified atom stereocenters. The van der Waals surface area contributed by atoms with Crippen molar-refractivity contribution >= 4 is 119 Å². The highest BCUT2D eigenvalue weighted by Crippen LogP contribution is 2.50. The van der Waals surface area contributed by atoms with Gasteiger partial charge in [0.05, 0.1) is 41.6 Å². The van der Waals surface area contributed by atoms with E-state index in [1.54, 1.807) is 0 Å². The molecule has 1 aliphatic rings. The molecule has 6 rings (SSSR count). The Labute approximate surface area is 416 Å². The second kappa shape index (κ2) is 21.1. The summed E-state index contributed by atoms with van der Waals surface area (Å²) >= 11 is 0. The summed E-state index contributed by atoms with van der Waals surface area (Å²) in [6.07, 6.45) is 0. The number of hydrogen-bond donors (Lipinski definition) is 6. The zero-order chi connectivity index (χ0) is 54.9. The lowest BCUT2D eigenvalue weighted by molar-refractivity contribution is -0.384. The molecule has 1 atom stereocenters. The van der Waals surface area contributed by atoms with Gasteiger partial charge < -0.3 is 15.3 Å². The van der Waals surface area contributed by atoms with Gasteiger partial charge in [-0.25, -0.2) is 0 Å². The number of benzene rings is 5. The fraction of sp³-hybridized carbons (Fsp3) is 0.184. The van der Waals surface area contributed by atoms with Crippen LogP contribution in [0.2, 0.25) is 0 Å². The van der Waals surface area contributed by atoms with Crippen molar-refractivity contribution < 1.29 is 93.9 Å². The van der Waals surface area contributed by atoms with Crippen LogP contribution in [0.15, 0.2) is 118 Å². The van der Waals surface area contributed by atoms with Gasteiger partial charge in [-0.15, -0.1) is 15.3 Å². The van der Waals surface area contributed by atoms with E-state index >= 15 is 0 Å². The number of anilines is 1. The quantitative estimate of drug-likeness (QED) is 0.0209. The minimum atomic E-state index is -5.08. The van der Waals surface area contributed by atoms with Crippen molar-refractivity contribution in [3.8, 4) is 11.5 Å². The Balaban J connectivity index is 1.46. The number of aliphatic hydroxyl groups is 1. The first kappa shape index (κ1) is 55.8. The number of ketones is 1. The van der Waals surface area contributed by atoms with Crippen LogP contribution >= 0.6 is 0 Å². The molecule has 0 radical (unpaired) electrons. The van der Waals surface area contributed by atoms with Crippen LogP contribution in [-0.2, 0) is 85.8 Å². The second-order valence-electron chi connectivity index (χ2n) is 14.9. The van der Waals surface area contributed by atoms with E-state index in [-0.39, 0.29) is 16.9 Å². The Morgan fingerprint density at radius 3 is 1.82 bits per heavy atom. The number of carbonyl (C=O) groups excluding carboxylic acids is 2. The van der Waals surface area contributed by atoms with E-state index in [0.717, 1.165) is 43.5 Å². The number of nitrogens with zero attached hydrogens (tertiary/aromatic N) is 9. The molecule has 0 saturated heterocycles. The Morgan fingerprint density at radius 2 is 1.24 bits per heavy atom. The van der Waals surface area contributed by atoms with E-state index in [2.05, 4.69) is 44.2 Å². The van der Waals surface area contributed by atoms with Crippen LogP contribution in [0.5, 0.6) is 11.5 Å². The summed E-state index contributed by atoms with van der Waals surface area (Å²) in [5, 5.41) is 70.2. The van der Waals surface area contributed by atoms with Crippen molar-refractivity contribution in [1.29, 1.82) is 0 Å². The normalized spacial score (nSPS) is 15.0. The summed E-state index contributed by atoms with van der Waals surface area (Å²) in [5.74, 6) is -8.06. The molecule has 5 aromatic rings. The van der Waals surface area contributed by atoms with E-state index in [9.17, 15) is 86.2 Å². The first-order valence-corrected chi connectivity index (χ1v) is 27.3. The zero-order valence-electron chi connectivity index (χ0n) is 37.1.